The van der Waals surface area contributed by atoms with E-state index in [2.05, 4.69) is 30.5 Å². The summed E-state index contributed by atoms with van der Waals surface area (Å²) in [7, 11) is 0. The first-order valence-electron chi connectivity index (χ1n) is 18.9. The number of H-pyrrole nitrogens is 1. The smallest absolute Gasteiger partial charge is 0.258 e. The average molecular weight is 755 g/mol. The van der Waals surface area contributed by atoms with E-state index in [-0.39, 0.29) is 36.2 Å². The van der Waals surface area contributed by atoms with Gasteiger partial charge in [-0.15, -0.1) is 0 Å². The van der Waals surface area contributed by atoms with Crippen LogP contribution < -0.4 is 15.4 Å². The number of hydrogen-bond acceptors (Lipinski definition) is 9. The van der Waals surface area contributed by atoms with Crippen molar-refractivity contribution in [3.05, 3.63) is 95.3 Å². The number of aliphatic hydroxyl groups is 2. The molecule has 7 rings (SSSR count). The second-order valence-electron chi connectivity index (χ2n) is 15.0. The Morgan fingerprint density at radius 3 is 2.44 bits per heavy atom. The number of anilines is 1. The van der Waals surface area contributed by atoms with Crippen molar-refractivity contribution >= 4 is 22.6 Å². The molecule has 5 N–H and O–H groups in total. The molecule has 0 aliphatic carbocycles. The second kappa shape index (κ2) is 16.5. The standard InChI is InChI=1S/C42H48F2N6O5/c1-25-34(19-28(43)20-37(25)49-41(52)33-9-6-27(18-36(33)44)42(2,3)53)39-35-21-38(48-40(35)47-24-46-39)26-4-7-29(8-5-26)54-31-12-16-50(17-13-31)22-32(23-51)55-30-10-14-45-15-11-30/h4-9,18-21,24,30-32,45,51,53H,10-17,22-23H2,1-3H3,(H,49,52)(H,46,47,48)/t32-/m1/s1. The highest BCUT2D eigenvalue weighted by Gasteiger charge is 2.26. The number of amides is 1. The van der Waals surface area contributed by atoms with Crippen LogP contribution in [0.25, 0.3) is 33.5 Å². The van der Waals surface area contributed by atoms with Crippen LogP contribution in [-0.2, 0) is 10.3 Å². The van der Waals surface area contributed by atoms with E-state index in [0.717, 1.165) is 81.5 Å². The SMILES string of the molecule is Cc1c(NC(=O)c2ccc(C(C)(C)O)cc2F)cc(F)cc1-c1ncnc2[nH]c(-c3ccc(OC4CCN(C[C@H](CO)OC5CCNCC5)CC4)cc3)cc12. The third-order valence-corrected chi connectivity index (χ3v) is 10.6. The molecule has 2 aliphatic heterocycles. The molecule has 4 heterocycles. The average Bonchev–Trinajstić information content (AvgIpc) is 3.62. The molecule has 0 spiro atoms. The molecule has 0 bridgehead atoms. The first kappa shape index (κ1) is 38.5. The lowest BCUT2D eigenvalue weighted by Crippen LogP contribution is -2.45. The molecule has 2 aromatic heterocycles. The minimum atomic E-state index is -1.28. The largest absolute Gasteiger partial charge is 0.490 e. The van der Waals surface area contributed by atoms with Crippen LogP contribution in [0.3, 0.4) is 0 Å². The Balaban J connectivity index is 1.01. The molecule has 0 unspecified atom stereocenters. The number of likely N-dealkylation sites (tertiary alicyclic amines) is 1. The molecule has 55 heavy (non-hydrogen) atoms. The fourth-order valence-corrected chi connectivity index (χ4v) is 7.38. The van der Waals surface area contributed by atoms with Crippen molar-refractivity contribution in [1.29, 1.82) is 0 Å². The quantitative estimate of drug-likeness (QED) is 0.0987. The van der Waals surface area contributed by atoms with Gasteiger partial charge in [0, 0.05) is 42.0 Å². The maximum absolute atomic E-state index is 15.1. The summed E-state index contributed by atoms with van der Waals surface area (Å²) in [6.45, 7) is 9.20. The third-order valence-electron chi connectivity index (χ3n) is 10.6. The Bertz CT molecular complexity index is 2120. The predicted molar refractivity (Wildman–Crippen MR) is 207 cm³/mol. The van der Waals surface area contributed by atoms with E-state index in [4.69, 9.17) is 9.47 Å². The van der Waals surface area contributed by atoms with Gasteiger partial charge in [0.25, 0.3) is 5.91 Å². The van der Waals surface area contributed by atoms with Crippen molar-refractivity contribution in [2.45, 2.75) is 70.4 Å². The zero-order valence-corrected chi connectivity index (χ0v) is 31.4. The van der Waals surface area contributed by atoms with Crippen LogP contribution in [0.4, 0.5) is 14.5 Å². The summed E-state index contributed by atoms with van der Waals surface area (Å²) in [5.41, 5.74) is 2.67. The van der Waals surface area contributed by atoms with Gasteiger partial charge in [0.1, 0.15) is 35.5 Å². The number of aliphatic hydroxyl groups excluding tert-OH is 1. The molecule has 1 atom stereocenters. The summed E-state index contributed by atoms with van der Waals surface area (Å²) >= 11 is 0. The lowest BCUT2D eigenvalue weighted by Gasteiger charge is -2.35. The van der Waals surface area contributed by atoms with Crippen LogP contribution in [-0.4, -0.2) is 93.6 Å². The molecule has 2 saturated heterocycles. The van der Waals surface area contributed by atoms with E-state index >= 15 is 4.39 Å². The number of benzene rings is 3. The summed E-state index contributed by atoms with van der Waals surface area (Å²) in [6, 6.07) is 16.2. The summed E-state index contributed by atoms with van der Waals surface area (Å²) in [4.78, 5) is 27.8. The number of piperidine rings is 2. The van der Waals surface area contributed by atoms with E-state index in [1.165, 1.54) is 44.4 Å². The van der Waals surface area contributed by atoms with Gasteiger partial charge in [-0.05, 0) is 131 Å². The molecule has 290 valence electrons. The Morgan fingerprint density at radius 1 is 1.00 bits per heavy atom. The van der Waals surface area contributed by atoms with Gasteiger partial charge in [-0.3, -0.25) is 4.79 Å². The van der Waals surface area contributed by atoms with Gasteiger partial charge in [0.05, 0.1) is 35.7 Å². The molecule has 11 nitrogen and oxygen atoms in total. The number of hydrogen-bond donors (Lipinski definition) is 5. The van der Waals surface area contributed by atoms with Crippen molar-refractivity contribution in [3.8, 4) is 28.3 Å². The molecule has 2 fully saturated rings. The number of fused-ring (bicyclic) bond motifs is 1. The van der Waals surface area contributed by atoms with Crippen LogP contribution >= 0.6 is 0 Å². The van der Waals surface area contributed by atoms with Crippen LogP contribution in [0.1, 0.15) is 61.0 Å². The van der Waals surface area contributed by atoms with Gasteiger partial charge in [-0.2, -0.15) is 0 Å². The van der Waals surface area contributed by atoms with Gasteiger partial charge >= 0.3 is 0 Å². The fraction of sp³-hybridized carbons (Fsp3) is 0.405. The molecule has 2 aliphatic rings. The summed E-state index contributed by atoms with van der Waals surface area (Å²) in [5, 5.41) is 26.8. The van der Waals surface area contributed by atoms with Crippen LogP contribution in [0.2, 0.25) is 0 Å². The number of carbonyl (C=O) groups is 1. The minimum absolute atomic E-state index is 0.0216. The maximum Gasteiger partial charge on any atom is 0.258 e. The molecule has 13 heteroatoms. The number of nitrogens with zero attached hydrogens (tertiary/aromatic N) is 3. The highest BCUT2D eigenvalue weighted by Crippen LogP contribution is 2.35. The van der Waals surface area contributed by atoms with E-state index in [1.54, 1.807) is 6.92 Å². The van der Waals surface area contributed by atoms with Gasteiger partial charge in [0.15, 0.2) is 0 Å². The number of rotatable bonds is 12. The zero-order chi connectivity index (χ0) is 38.7. The predicted octanol–water partition coefficient (Wildman–Crippen LogP) is 6.33. The third kappa shape index (κ3) is 9.03. The van der Waals surface area contributed by atoms with Crippen LogP contribution in [0, 0.1) is 18.6 Å². The Labute approximate surface area is 319 Å². The number of ether oxygens (including phenoxy) is 2. The Kier molecular flexibility index (Phi) is 11.6. The monoisotopic (exact) mass is 754 g/mol. The number of halogens is 2. The topological polar surface area (TPSA) is 145 Å². The number of aromatic nitrogens is 3. The fourth-order valence-electron chi connectivity index (χ4n) is 7.38. The summed E-state index contributed by atoms with van der Waals surface area (Å²) < 4.78 is 42.6. The first-order valence-corrected chi connectivity index (χ1v) is 18.9. The summed E-state index contributed by atoms with van der Waals surface area (Å²) in [5.74, 6) is -1.38. The number of nitrogens with one attached hydrogen (secondary N) is 3. The Hall–Kier alpha value is -4.79. The molecule has 5 aromatic rings. The molecular weight excluding hydrogens is 706 g/mol. The molecule has 0 saturated carbocycles. The van der Waals surface area contributed by atoms with Crippen molar-refractivity contribution < 1.29 is 33.3 Å². The van der Waals surface area contributed by atoms with Crippen LogP contribution in [0.15, 0.2) is 67.0 Å². The van der Waals surface area contributed by atoms with E-state index < -0.39 is 23.1 Å². The first-order chi connectivity index (χ1) is 26.4. The highest BCUT2D eigenvalue weighted by molar-refractivity contribution is 6.06. The highest BCUT2D eigenvalue weighted by atomic mass is 19.1. The lowest BCUT2D eigenvalue weighted by atomic mass is 9.96. The van der Waals surface area contributed by atoms with Crippen molar-refractivity contribution in [3.63, 3.8) is 0 Å². The number of carbonyl (C=O) groups excluding carboxylic acids is 1. The number of aromatic amines is 1. The lowest BCUT2D eigenvalue weighted by molar-refractivity contribution is -0.0674. The normalized spacial score (nSPS) is 16.7. The molecule has 3 aromatic carbocycles. The van der Waals surface area contributed by atoms with Crippen molar-refractivity contribution in [2.75, 3.05) is 44.6 Å². The molecule has 0 radical (unpaired) electrons. The van der Waals surface area contributed by atoms with E-state index in [1.807, 2.05) is 30.3 Å². The minimum Gasteiger partial charge on any atom is -0.490 e. The molecular formula is C42H48F2N6O5. The Morgan fingerprint density at radius 2 is 1.75 bits per heavy atom. The summed E-state index contributed by atoms with van der Waals surface area (Å²) in [6.07, 6.45) is 5.25. The second-order valence-corrected chi connectivity index (χ2v) is 15.0. The zero-order valence-electron chi connectivity index (χ0n) is 31.4. The van der Waals surface area contributed by atoms with Gasteiger partial charge in [-0.25, -0.2) is 18.7 Å². The van der Waals surface area contributed by atoms with Crippen LogP contribution in [0.5, 0.6) is 5.75 Å². The van der Waals surface area contributed by atoms with Crippen molar-refractivity contribution in [2.24, 2.45) is 0 Å². The van der Waals surface area contributed by atoms with Gasteiger partial charge < -0.3 is 40.2 Å². The van der Waals surface area contributed by atoms with Gasteiger partial charge in [-0.1, -0.05) is 6.07 Å². The van der Waals surface area contributed by atoms with Crippen molar-refractivity contribution in [1.82, 2.24) is 25.2 Å². The van der Waals surface area contributed by atoms with Gasteiger partial charge in [0.2, 0.25) is 0 Å². The maximum atomic E-state index is 15.1. The molecule has 1 amide bonds. The van der Waals surface area contributed by atoms with E-state index in [9.17, 15) is 19.4 Å². The van der Waals surface area contributed by atoms with E-state index in [0.29, 0.717) is 33.4 Å².